The molecule has 4 heteroatoms. The topological polar surface area (TPSA) is 57.2 Å². The fraction of sp³-hybridized carbons (Fsp3) is 0.667. The van der Waals surface area contributed by atoms with Gasteiger partial charge in [0, 0.05) is 18.3 Å². The second-order valence-corrected chi connectivity index (χ2v) is 2.17. The van der Waals surface area contributed by atoms with Crippen LogP contribution in [0.1, 0.15) is 20.3 Å². The van der Waals surface area contributed by atoms with E-state index in [0.29, 0.717) is 0 Å². The number of carboxylic acid groups (broad SMARTS) is 1. The molecule has 0 amide bonds. The van der Waals surface area contributed by atoms with E-state index >= 15 is 0 Å². The van der Waals surface area contributed by atoms with Gasteiger partial charge in [-0.15, -0.1) is 0 Å². The maximum Gasteiger partial charge on any atom is 1.00 e. The Morgan fingerprint density at radius 3 is 1.90 bits per heavy atom. The van der Waals surface area contributed by atoms with Gasteiger partial charge in [0.15, 0.2) is 0 Å². The van der Waals surface area contributed by atoms with Crippen molar-refractivity contribution in [3.05, 3.63) is 0 Å². The molecule has 0 aliphatic carbocycles. The Morgan fingerprint density at radius 2 is 1.80 bits per heavy atom. The average molecular weight is 237 g/mol. The molecule has 0 heterocycles. The summed E-state index contributed by atoms with van der Waals surface area (Å²) >= 11 is 0. The van der Waals surface area contributed by atoms with Gasteiger partial charge in [0.25, 0.3) is 0 Å². The largest absolute Gasteiger partial charge is 1.00 e. The van der Waals surface area contributed by atoms with Crippen LogP contribution >= 0.6 is 0 Å². The van der Waals surface area contributed by atoms with Crippen molar-refractivity contribution in [2.24, 2.45) is 5.92 Å². The van der Waals surface area contributed by atoms with E-state index in [2.05, 4.69) is 0 Å². The van der Waals surface area contributed by atoms with E-state index in [0.717, 1.165) is 0 Å². The van der Waals surface area contributed by atoms with Crippen molar-refractivity contribution in [2.75, 3.05) is 0 Å². The maximum atomic E-state index is 10.5. The van der Waals surface area contributed by atoms with Gasteiger partial charge in [-0.1, -0.05) is 13.8 Å². The minimum Gasteiger partial charge on any atom is -0.550 e. The molecule has 10 heavy (non-hydrogen) atoms. The van der Waals surface area contributed by atoms with Gasteiger partial charge in [0.1, 0.15) is 5.78 Å². The van der Waals surface area contributed by atoms with Gasteiger partial charge in [-0.3, -0.25) is 4.79 Å². The Kier molecular flexibility index (Phi) is 7.09. The SMILES string of the molecule is CC(C)C(=O)CC(=O)[O-].[Ag+]. The smallest absolute Gasteiger partial charge is 0.550 e. The van der Waals surface area contributed by atoms with Crippen LogP contribution in [0.3, 0.4) is 0 Å². The van der Waals surface area contributed by atoms with Crippen LogP contribution in [0.15, 0.2) is 0 Å². The Morgan fingerprint density at radius 1 is 1.40 bits per heavy atom. The van der Waals surface area contributed by atoms with Crippen LogP contribution in [0.5, 0.6) is 0 Å². The molecule has 0 N–H and O–H groups in total. The molecule has 0 rings (SSSR count). The van der Waals surface area contributed by atoms with Crippen molar-refractivity contribution in [1.82, 2.24) is 0 Å². The maximum absolute atomic E-state index is 10.5. The fourth-order valence-electron chi connectivity index (χ4n) is 0.346. The molecule has 0 aromatic carbocycles. The molecule has 0 atom stereocenters. The van der Waals surface area contributed by atoms with E-state index in [1.165, 1.54) is 0 Å². The number of aliphatic carboxylic acids is 1. The summed E-state index contributed by atoms with van der Waals surface area (Å²) in [5, 5.41) is 9.78. The molecule has 0 aromatic heterocycles. The van der Waals surface area contributed by atoms with Gasteiger partial charge in [-0.05, 0) is 0 Å². The molecule has 0 saturated carbocycles. The summed E-state index contributed by atoms with van der Waals surface area (Å²) in [5.41, 5.74) is 0. The van der Waals surface area contributed by atoms with E-state index < -0.39 is 12.4 Å². The molecule has 0 aliphatic rings. The van der Waals surface area contributed by atoms with Gasteiger partial charge in [0.05, 0.1) is 0 Å². The zero-order valence-corrected chi connectivity index (χ0v) is 7.29. The Hall–Kier alpha value is -0.120. The van der Waals surface area contributed by atoms with Crippen molar-refractivity contribution >= 4 is 11.8 Å². The Balaban J connectivity index is 0. The number of carbonyl (C=O) groups excluding carboxylic acids is 2. The second-order valence-electron chi connectivity index (χ2n) is 2.17. The number of carboxylic acids is 1. The summed E-state index contributed by atoms with van der Waals surface area (Å²) in [5.74, 6) is -1.79. The number of rotatable bonds is 3. The van der Waals surface area contributed by atoms with Crippen molar-refractivity contribution < 1.29 is 37.1 Å². The average Bonchev–Trinajstić information content (AvgIpc) is 1.63. The van der Waals surface area contributed by atoms with Crippen LogP contribution < -0.4 is 5.11 Å². The van der Waals surface area contributed by atoms with E-state index in [4.69, 9.17) is 0 Å². The van der Waals surface area contributed by atoms with E-state index in [9.17, 15) is 14.7 Å². The predicted octanol–water partition coefficient (Wildman–Crippen LogP) is -0.651. The zero-order chi connectivity index (χ0) is 7.44. The first-order valence-electron chi connectivity index (χ1n) is 2.76. The quantitative estimate of drug-likeness (QED) is 0.484. The number of ketones is 1. The number of carbonyl (C=O) groups is 2. The predicted molar refractivity (Wildman–Crippen MR) is 29.5 cm³/mol. The third kappa shape index (κ3) is 6.01. The summed E-state index contributed by atoms with van der Waals surface area (Å²) in [6, 6.07) is 0. The molecule has 0 saturated heterocycles. The third-order valence-electron chi connectivity index (χ3n) is 0.963. The molecule has 0 radical (unpaired) electrons. The monoisotopic (exact) mass is 236 g/mol. The number of Topliss-reactive ketones (excluding diaryl/α,β-unsaturated/α-hetero) is 1. The molecule has 0 bridgehead atoms. The summed E-state index contributed by atoms with van der Waals surface area (Å²) in [6.45, 7) is 3.32. The Bertz CT molecular complexity index is 131. The summed E-state index contributed by atoms with van der Waals surface area (Å²) in [7, 11) is 0. The van der Waals surface area contributed by atoms with Gasteiger partial charge in [-0.25, -0.2) is 0 Å². The summed E-state index contributed by atoms with van der Waals surface area (Å²) in [4.78, 5) is 20.3. The number of hydrogen-bond donors (Lipinski definition) is 0. The molecular weight excluding hydrogens is 228 g/mol. The molecule has 62 valence electrons. The van der Waals surface area contributed by atoms with E-state index in [1.54, 1.807) is 13.8 Å². The first kappa shape index (κ1) is 12.5. The standard InChI is InChI=1S/C6H10O3.Ag/c1-4(2)5(7)3-6(8)9;/h4H,3H2,1-2H3,(H,8,9);/q;+1/p-1. The summed E-state index contributed by atoms with van der Waals surface area (Å²) < 4.78 is 0. The van der Waals surface area contributed by atoms with Crippen LogP contribution in [0.4, 0.5) is 0 Å². The van der Waals surface area contributed by atoms with Crippen LogP contribution in [-0.2, 0) is 32.0 Å². The van der Waals surface area contributed by atoms with Crippen molar-refractivity contribution in [2.45, 2.75) is 20.3 Å². The first-order valence-corrected chi connectivity index (χ1v) is 2.76. The molecule has 3 nitrogen and oxygen atoms in total. The second kappa shape index (κ2) is 5.65. The van der Waals surface area contributed by atoms with Crippen LogP contribution in [0.25, 0.3) is 0 Å². The third-order valence-corrected chi connectivity index (χ3v) is 0.963. The van der Waals surface area contributed by atoms with E-state index in [1.807, 2.05) is 0 Å². The van der Waals surface area contributed by atoms with Crippen molar-refractivity contribution in [1.29, 1.82) is 0 Å². The summed E-state index contributed by atoms with van der Waals surface area (Å²) in [6.07, 6.45) is -0.461. The van der Waals surface area contributed by atoms with Crippen LogP contribution in [0.2, 0.25) is 0 Å². The van der Waals surface area contributed by atoms with Gasteiger partial charge >= 0.3 is 22.4 Å². The minimum absolute atomic E-state index is 0. The van der Waals surface area contributed by atoms with Crippen molar-refractivity contribution in [3.63, 3.8) is 0 Å². The first-order chi connectivity index (χ1) is 4.04. The number of hydrogen-bond acceptors (Lipinski definition) is 3. The zero-order valence-electron chi connectivity index (χ0n) is 5.81. The van der Waals surface area contributed by atoms with Gasteiger partial charge in [0.2, 0.25) is 0 Å². The van der Waals surface area contributed by atoms with Crippen molar-refractivity contribution in [3.8, 4) is 0 Å². The van der Waals surface area contributed by atoms with Gasteiger partial charge in [-0.2, -0.15) is 0 Å². The minimum atomic E-state index is -1.30. The molecule has 0 aliphatic heterocycles. The van der Waals surface area contributed by atoms with Crippen LogP contribution in [0, 0.1) is 5.92 Å². The fourth-order valence-corrected chi connectivity index (χ4v) is 0.346. The van der Waals surface area contributed by atoms with Gasteiger partial charge < -0.3 is 9.90 Å². The van der Waals surface area contributed by atoms with Crippen LogP contribution in [-0.4, -0.2) is 11.8 Å². The molecule has 0 aromatic rings. The normalized spacial score (nSPS) is 8.70. The Labute approximate surface area is 75.3 Å². The molecule has 0 unspecified atom stereocenters. The molecule has 0 spiro atoms. The molecular formula is C6H9AgO3. The van der Waals surface area contributed by atoms with E-state index in [-0.39, 0.29) is 34.1 Å². The molecule has 0 fully saturated rings.